The van der Waals surface area contributed by atoms with Gasteiger partial charge >= 0.3 is 5.97 Å². The van der Waals surface area contributed by atoms with Crippen LogP contribution in [0, 0.1) is 6.92 Å². The van der Waals surface area contributed by atoms with E-state index >= 15 is 0 Å². The van der Waals surface area contributed by atoms with Gasteiger partial charge in [-0.1, -0.05) is 5.16 Å². The molecule has 0 fully saturated rings. The maximum absolute atomic E-state index is 10.4. The fraction of sp³-hybridized carbons (Fsp3) is 0.273. The molecular formula is C11H12N3O3+. The molecule has 2 heterocycles. The largest absolute Gasteiger partial charge is 0.481 e. The molecule has 88 valence electrons. The van der Waals surface area contributed by atoms with Crippen LogP contribution in [0.5, 0.6) is 0 Å². The van der Waals surface area contributed by atoms with Crippen LogP contribution in [0.4, 0.5) is 0 Å². The van der Waals surface area contributed by atoms with E-state index in [1.807, 2.05) is 12.1 Å². The molecule has 6 nitrogen and oxygen atoms in total. The molecule has 2 rings (SSSR count). The number of nitrogens with zero attached hydrogens (tertiary/aromatic N) is 3. The van der Waals surface area contributed by atoms with E-state index in [-0.39, 0.29) is 6.42 Å². The molecule has 0 saturated heterocycles. The lowest BCUT2D eigenvalue weighted by Gasteiger charge is -1.95. The molecule has 0 aliphatic carbocycles. The zero-order valence-electron chi connectivity index (χ0n) is 9.33. The van der Waals surface area contributed by atoms with Crippen LogP contribution in [-0.2, 0) is 11.3 Å². The topological polar surface area (TPSA) is 80.1 Å². The Bertz CT molecular complexity index is 519. The van der Waals surface area contributed by atoms with Crippen LogP contribution in [0.3, 0.4) is 0 Å². The van der Waals surface area contributed by atoms with Crippen LogP contribution in [0.15, 0.2) is 29.0 Å². The Morgan fingerprint density at radius 2 is 2.18 bits per heavy atom. The highest BCUT2D eigenvalue weighted by Gasteiger charge is 2.09. The predicted octanol–water partition coefficient (Wildman–Crippen LogP) is 0.807. The summed E-state index contributed by atoms with van der Waals surface area (Å²) in [7, 11) is 0. The predicted molar refractivity (Wildman–Crippen MR) is 56.9 cm³/mol. The monoisotopic (exact) mass is 234 g/mol. The van der Waals surface area contributed by atoms with Crippen molar-refractivity contribution in [1.29, 1.82) is 0 Å². The number of aromatic nitrogens is 3. The summed E-state index contributed by atoms with van der Waals surface area (Å²) in [6, 6.07) is 3.63. The Labute approximate surface area is 97.5 Å². The normalized spacial score (nSPS) is 10.4. The first-order chi connectivity index (χ1) is 8.15. The number of rotatable bonds is 4. The lowest BCUT2D eigenvalue weighted by atomic mass is 10.2. The maximum atomic E-state index is 10.4. The fourth-order valence-corrected chi connectivity index (χ4v) is 1.39. The quantitative estimate of drug-likeness (QED) is 0.792. The second-order valence-electron chi connectivity index (χ2n) is 3.62. The third-order valence-electron chi connectivity index (χ3n) is 2.25. The van der Waals surface area contributed by atoms with E-state index in [2.05, 4.69) is 10.1 Å². The first-order valence-electron chi connectivity index (χ1n) is 5.17. The van der Waals surface area contributed by atoms with Gasteiger partial charge < -0.3 is 9.63 Å². The molecule has 0 saturated carbocycles. The van der Waals surface area contributed by atoms with Gasteiger partial charge in [0.15, 0.2) is 24.8 Å². The van der Waals surface area contributed by atoms with Crippen molar-refractivity contribution in [3.8, 4) is 11.5 Å². The molecule has 0 unspecified atom stereocenters. The third-order valence-corrected chi connectivity index (χ3v) is 2.25. The summed E-state index contributed by atoms with van der Waals surface area (Å²) in [5, 5.41) is 12.3. The Morgan fingerprint density at radius 3 is 2.71 bits per heavy atom. The van der Waals surface area contributed by atoms with Gasteiger partial charge in [-0.15, -0.1) is 0 Å². The van der Waals surface area contributed by atoms with Gasteiger partial charge in [0.05, 0.1) is 5.56 Å². The molecule has 6 heteroatoms. The van der Waals surface area contributed by atoms with Crippen LogP contribution in [-0.4, -0.2) is 21.2 Å². The van der Waals surface area contributed by atoms with Gasteiger partial charge in [-0.2, -0.15) is 4.98 Å². The number of aliphatic carboxylic acids is 1. The van der Waals surface area contributed by atoms with Crippen LogP contribution < -0.4 is 4.57 Å². The molecule has 0 aliphatic rings. The third kappa shape index (κ3) is 2.87. The molecule has 0 radical (unpaired) electrons. The summed E-state index contributed by atoms with van der Waals surface area (Å²) < 4.78 is 6.82. The number of pyridine rings is 1. The first-order valence-corrected chi connectivity index (χ1v) is 5.17. The van der Waals surface area contributed by atoms with Gasteiger partial charge in [-0.25, -0.2) is 4.57 Å². The van der Waals surface area contributed by atoms with Crippen LogP contribution in [0.25, 0.3) is 11.5 Å². The number of hydrogen-bond acceptors (Lipinski definition) is 4. The average molecular weight is 234 g/mol. The van der Waals surface area contributed by atoms with E-state index in [9.17, 15) is 4.79 Å². The van der Waals surface area contributed by atoms with Gasteiger partial charge in [-0.3, -0.25) is 4.79 Å². The van der Waals surface area contributed by atoms with E-state index < -0.39 is 5.97 Å². The summed E-state index contributed by atoms with van der Waals surface area (Å²) in [5.41, 5.74) is 0.817. The summed E-state index contributed by atoms with van der Waals surface area (Å²) in [6.07, 6.45) is 3.68. The van der Waals surface area contributed by atoms with E-state index in [1.165, 1.54) is 0 Å². The van der Waals surface area contributed by atoms with E-state index in [1.54, 1.807) is 23.9 Å². The average Bonchev–Trinajstić information content (AvgIpc) is 2.74. The highest BCUT2D eigenvalue weighted by atomic mass is 16.5. The minimum Gasteiger partial charge on any atom is -0.481 e. The molecule has 1 N–H and O–H groups in total. The SMILES string of the molecule is Cc1noc(-c2cc[n+](CCC(=O)O)cc2)n1. The maximum Gasteiger partial charge on any atom is 0.309 e. The summed E-state index contributed by atoms with van der Waals surface area (Å²) in [5.74, 6) is 0.240. The molecule has 0 amide bonds. The summed E-state index contributed by atoms with van der Waals surface area (Å²) >= 11 is 0. The number of aryl methyl sites for hydroxylation is 2. The molecule has 0 aromatic carbocycles. The van der Waals surface area contributed by atoms with Crippen molar-refractivity contribution in [3.63, 3.8) is 0 Å². The Hall–Kier alpha value is -2.24. The van der Waals surface area contributed by atoms with Crippen molar-refractivity contribution in [3.05, 3.63) is 30.4 Å². The smallest absolute Gasteiger partial charge is 0.309 e. The van der Waals surface area contributed by atoms with E-state index in [4.69, 9.17) is 9.63 Å². The van der Waals surface area contributed by atoms with Crippen LogP contribution >= 0.6 is 0 Å². The molecule has 0 atom stereocenters. The van der Waals surface area contributed by atoms with Gasteiger partial charge in [0.1, 0.15) is 6.42 Å². The number of carbonyl (C=O) groups is 1. The Morgan fingerprint density at radius 1 is 1.47 bits per heavy atom. The molecule has 17 heavy (non-hydrogen) atoms. The minimum absolute atomic E-state index is 0.101. The van der Waals surface area contributed by atoms with Gasteiger partial charge in [0, 0.05) is 12.1 Å². The molecule has 2 aromatic heterocycles. The van der Waals surface area contributed by atoms with Crippen molar-refractivity contribution < 1.29 is 19.0 Å². The molecule has 0 aliphatic heterocycles. The zero-order chi connectivity index (χ0) is 12.3. The molecule has 2 aromatic rings. The van der Waals surface area contributed by atoms with Crippen LogP contribution in [0.1, 0.15) is 12.2 Å². The van der Waals surface area contributed by atoms with Crippen molar-refractivity contribution >= 4 is 5.97 Å². The highest BCUT2D eigenvalue weighted by molar-refractivity contribution is 5.66. The van der Waals surface area contributed by atoms with Gasteiger partial charge in [0.2, 0.25) is 0 Å². The standard InChI is InChI=1S/C11H11N3O3/c1-8-12-11(17-13-8)9-2-5-14(6-3-9)7-4-10(15)16/h2-3,5-6H,4,7H2,1H3/p+1. The summed E-state index contributed by atoms with van der Waals surface area (Å²) in [4.78, 5) is 14.5. The fourth-order valence-electron chi connectivity index (χ4n) is 1.39. The van der Waals surface area contributed by atoms with Gasteiger partial charge in [0.25, 0.3) is 5.89 Å². The minimum atomic E-state index is -0.811. The molecular weight excluding hydrogens is 222 g/mol. The van der Waals surface area contributed by atoms with Crippen molar-refractivity contribution in [2.45, 2.75) is 19.9 Å². The molecule has 0 spiro atoms. The zero-order valence-corrected chi connectivity index (χ0v) is 9.33. The second-order valence-corrected chi connectivity index (χ2v) is 3.62. The second kappa shape index (κ2) is 4.73. The van der Waals surface area contributed by atoms with Crippen molar-refractivity contribution in [2.75, 3.05) is 0 Å². The number of carboxylic acid groups (broad SMARTS) is 1. The van der Waals surface area contributed by atoms with E-state index in [0.717, 1.165) is 5.56 Å². The number of carboxylic acids is 1. The molecule has 0 bridgehead atoms. The Kier molecular flexibility index (Phi) is 3.13. The van der Waals surface area contributed by atoms with E-state index in [0.29, 0.717) is 18.3 Å². The van der Waals surface area contributed by atoms with Crippen LogP contribution in [0.2, 0.25) is 0 Å². The lowest BCUT2D eigenvalue weighted by Crippen LogP contribution is -2.33. The highest BCUT2D eigenvalue weighted by Crippen LogP contribution is 2.14. The Balaban J connectivity index is 2.10. The van der Waals surface area contributed by atoms with Gasteiger partial charge in [-0.05, 0) is 6.92 Å². The lowest BCUT2D eigenvalue weighted by molar-refractivity contribution is -0.695. The summed E-state index contributed by atoms with van der Waals surface area (Å²) in [6.45, 7) is 2.20. The first kappa shape index (κ1) is 11.3. The number of hydrogen-bond donors (Lipinski definition) is 1. The van der Waals surface area contributed by atoms with Crippen molar-refractivity contribution in [1.82, 2.24) is 10.1 Å². The van der Waals surface area contributed by atoms with Crippen molar-refractivity contribution in [2.24, 2.45) is 0 Å².